The summed E-state index contributed by atoms with van der Waals surface area (Å²) in [7, 11) is 0. The monoisotopic (exact) mass is 414 g/mol. The van der Waals surface area contributed by atoms with Crippen molar-refractivity contribution >= 4 is 5.57 Å². The molecular formula is C29H34O2. The van der Waals surface area contributed by atoms with Crippen molar-refractivity contribution in [1.29, 1.82) is 0 Å². The fraction of sp³-hybridized carbons (Fsp3) is 0.517. The van der Waals surface area contributed by atoms with Crippen molar-refractivity contribution in [2.75, 3.05) is 0 Å². The minimum Gasteiger partial charge on any atom is -0.508 e. The largest absolute Gasteiger partial charge is 0.508 e. The lowest BCUT2D eigenvalue weighted by atomic mass is 9.59. The second-order valence-corrected chi connectivity index (χ2v) is 11.5. The highest BCUT2D eigenvalue weighted by atomic mass is 16.6. The van der Waals surface area contributed by atoms with Crippen LogP contribution in [0, 0.1) is 11.8 Å². The molecule has 1 N–H and O–H groups in total. The molecule has 4 unspecified atom stereocenters. The molecule has 6 rings (SSSR count). The minimum atomic E-state index is -0.138. The third-order valence-corrected chi connectivity index (χ3v) is 9.12. The number of hydrogen-bond acceptors (Lipinski definition) is 2. The fourth-order valence-corrected chi connectivity index (χ4v) is 7.53. The molecule has 5 atom stereocenters. The first-order valence-corrected chi connectivity index (χ1v) is 12.1. The van der Waals surface area contributed by atoms with Crippen LogP contribution < -0.4 is 0 Å². The SMILES string of the molecule is C=C(c1ccc(C(C)(C)C)cc1)[C@]12CCC3C4CCc5cc(O)ccc5C4CCC31O2. The van der Waals surface area contributed by atoms with Crippen LogP contribution in [0.4, 0.5) is 0 Å². The van der Waals surface area contributed by atoms with Crippen LogP contribution in [0.15, 0.2) is 49.0 Å². The van der Waals surface area contributed by atoms with Crippen LogP contribution >= 0.6 is 0 Å². The zero-order valence-corrected chi connectivity index (χ0v) is 19.1. The van der Waals surface area contributed by atoms with Crippen molar-refractivity contribution in [3.63, 3.8) is 0 Å². The number of phenols is 1. The highest BCUT2D eigenvalue weighted by molar-refractivity contribution is 5.76. The third-order valence-electron chi connectivity index (χ3n) is 9.12. The Morgan fingerprint density at radius 2 is 1.81 bits per heavy atom. The Labute approximate surface area is 186 Å². The standard InChI is InChI=1S/C29H34O2/c1-18(19-5-8-21(9-6-19)27(2,3)4)28-16-14-26-25-11-7-20-17-22(30)10-12-23(20)24(25)13-15-29(26,28)31-28/h5-6,8-10,12,17,24-26,30H,1,7,11,13-16H2,2-4H3/t24?,25?,26?,28-,29?/m1/s1. The van der Waals surface area contributed by atoms with Crippen molar-refractivity contribution in [2.45, 2.75) is 81.8 Å². The van der Waals surface area contributed by atoms with Crippen molar-refractivity contribution in [3.05, 3.63) is 71.3 Å². The summed E-state index contributed by atoms with van der Waals surface area (Å²) < 4.78 is 6.76. The number of aryl methyl sites for hydroxylation is 1. The highest BCUT2D eigenvalue weighted by Crippen LogP contribution is 2.74. The molecule has 2 aromatic carbocycles. The normalized spacial score (nSPS) is 35.5. The number of fused-ring (bicyclic) bond motifs is 4. The smallest absolute Gasteiger partial charge is 0.123 e. The molecule has 1 spiro atoms. The summed E-state index contributed by atoms with van der Waals surface area (Å²) in [5.41, 5.74) is 6.71. The van der Waals surface area contributed by atoms with Gasteiger partial charge in [-0.1, -0.05) is 57.7 Å². The number of ether oxygens (including phenoxy) is 1. The van der Waals surface area contributed by atoms with Crippen molar-refractivity contribution in [2.24, 2.45) is 11.8 Å². The minimum absolute atomic E-state index is 0.0162. The molecule has 1 heterocycles. The van der Waals surface area contributed by atoms with Gasteiger partial charge in [0, 0.05) is 0 Å². The van der Waals surface area contributed by atoms with Gasteiger partial charge in [0.05, 0.1) is 0 Å². The van der Waals surface area contributed by atoms with Gasteiger partial charge in [0.2, 0.25) is 0 Å². The fourth-order valence-electron chi connectivity index (χ4n) is 7.53. The van der Waals surface area contributed by atoms with Gasteiger partial charge in [-0.3, -0.25) is 0 Å². The van der Waals surface area contributed by atoms with E-state index in [1.165, 1.54) is 47.1 Å². The molecule has 31 heavy (non-hydrogen) atoms. The summed E-state index contributed by atoms with van der Waals surface area (Å²) in [4.78, 5) is 0. The van der Waals surface area contributed by atoms with Crippen LogP contribution in [0.5, 0.6) is 5.75 Å². The number of phenolic OH excluding ortho intramolecular Hbond substituents is 1. The molecular weight excluding hydrogens is 380 g/mol. The molecule has 3 fully saturated rings. The first-order valence-electron chi connectivity index (χ1n) is 12.1. The summed E-state index contributed by atoms with van der Waals surface area (Å²) in [6.45, 7) is 11.4. The first-order chi connectivity index (χ1) is 14.8. The molecule has 0 aromatic heterocycles. The molecule has 2 aromatic rings. The zero-order valence-electron chi connectivity index (χ0n) is 19.1. The Morgan fingerprint density at radius 1 is 1.03 bits per heavy atom. The second kappa shape index (κ2) is 6.25. The van der Waals surface area contributed by atoms with E-state index in [2.05, 4.69) is 57.7 Å². The number of benzene rings is 2. The maximum Gasteiger partial charge on any atom is 0.123 e. The quantitative estimate of drug-likeness (QED) is 0.551. The second-order valence-electron chi connectivity index (χ2n) is 11.5. The third kappa shape index (κ3) is 2.61. The Kier molecular flexibility index (Phi) is 3.96. The molecule has 0 amide bonds. The van der Waals surface area contributed by atoms with Crippen LogP contribution in [0.2, 0.25) is 0 Å². The summed E-state index contributed by atoms with van der Waals surface area (Å²) in [6, 6.07) is 15.1. The lowest BCUT2D eigenvalue weighted by molar-refractivity contribution is 0.0643. The molecule has 4 aliphatic rings. The van der Waals surface area contributed by atoms with Gasteiger partial charge in [0.1, 0.15) is 17.0 Å². The molecule has 1 aliphatic heterocycles. The van der Waals surface area contributed by atoms with Gasteiger partial charge < -0.3 is 9.84 Å². The van der Waals surface area contributed by atoms with Gasteiger partial charge in [-0.05, 0) is 102 Å². The number of aromatic hydroxyl groups is 1. The van der Waals surface area contributed by atoms with E-state index in [1.807, 2.05) is 12.1 Å². The molecule has 2 saturated carbocycles. The Balaban J connectivity index is 1.28. The van der Waals surface area contributed by atoms with E-state index in [4.69, 9.17) is 4.74 Å². The van der Waals surface area contributed by atoms with E-state index in [9.17, 15) is 5.11 Å². The number of hydrogen-bond donors (Lipinski definition) is 1. The Bertz CT molecular complexity index is 1060. The molecule has 0 bridgehead atoms. The number of rotatable bonds is 2. The van der Waals surface area contributed by atoms with Crippen LogP contribution in [-0.4, -0.2) is 16.3 Å². The van der Waals surface area contributed by atoms with Gasteiger partial charge >= 0.3 is 0 Å². The lowest BCUT2D eigenvalue weighted by Crippen LogP contribution is -2.41. The van der Waals surface area contributed by atoms with Gasteiger partial charge in [0.25, 0.3) is 0 Å². The first kappa shape index (κ1) is 19.6. The predicted molar refractivity (Wildman–Crippen MR) is 125 cm³/mol. The van der Waals surface area contributed by atoms with Gasteiger partial charge in [-0.15, -0.1) is 0 Å². The Morgan fingerprint density at radius 3 is 2.55 bits per heavy atom. The molecule has 2 nitrogen and oxygen atoms in total. The van der Waals surface area contributed by atoms with Crippen LogP contribution in [0.3, 0.4) is 0 Å². The summed E-state index contributed by atoms with van der Waals surface area (Å²) in [5, 5.41) is 9.92. The van der Waals surface area contributed by atoms with Crippen LogP contribution in [0.1, 0.15) is 81.0 Å². The maximum absolute atomic E-state index is 9.92. The molecule has 0 radical (unpaired) electrons. The van der Waals surface area contributed by atoms with E-state index in [1.54, 1.807) is 0 Å². The van der Waals surface area contributed by atoms with Crippen molar-refractivity contribution in [1.82, 2.24) is 0 Å². The van der Waals surface area contributed by atoms with Crippen LogP contribution in [-0.2, 0) is 16.6 Å². The maximum atomic E-state index is 9.92. The van der Waals surface area contributed by atoms with Crippen LogP contribution in [0.25, 0.3) is 5.57 Å². The lowest BCUT2D eigenvalue weighted by Gasteiger charge is -2.44. The molecule has 162 valence electrons. The van der Waals surface area contributed by atoms with Crippen molar-refractivity contribution < 1.29 is 9.84 Å². The topological polar surface area (TPSA) is 32.8 Å². The number of epoxide rings is 1. The van der Waals surface area contributed by atoms with Gasteiger partial charge in [-0.25, -0.2) is 0 Å². The summed E-state index contributed by atoms with van der Waals surface area (Å²) in [6.07, 6.45) is 7.01. The van der Waals surface area contributed by atoms with E-state index >= 15 is 0 Å². The van der Waals surface area contributed by atoms with E-state index < -0.39 is 0 Å². The van der Waals surface area contributed by atoms with E-state index in [0.717, 1.165) is 19.3 Å². The van der Waals surface area contributed by atoms with E-state index in [0.29, 0.717) is 23.5 Å². The molecule has 1 saturated heterocycles. The predicted octanol–water partition coefficient (Wildman–Crippen LogP) is 6.76. The average molecular weight is 415 g/mol. The Hall–Kier alpha value is -2.06. The molecule has 2 heteroatoms. The van der Waals surface area contributed by atoms with Gasteiger partial charge in [-0.2, -0.15) is 0 Å². The zero-order chi connectivity index (χ0) is 21.6. The van der Waals surface area contributed by atoms with Crippen molar-refractivity contribution in [3.8, 4) is 5.75 Å². The summed E-state index contributed by atoms with van der Waals surface area (Å²) >= 11 is 0. The summed E-state index contributed by atoms with van der Waals surface area (Å²) in [5.74, 6) is 2.37. The molecule has 3 aliphatic carbocycles. The van der Waals surface area contributed by atoms with Gasteiger partial charge in [0.15, 0.2) is 0 Å². The van der Waals surface area contributed by atoms with E-state index in [-0.39, 0.29) is 16.6 Å². The average Bonchev–Trinajstić information content (AvgIpc) is 3.28. The highest BCUT2D eigenvalue weighted by Gasteiger charge is 2.79.